The molecule has 2 heteroatoms. The van der Waals surface area contributed by atoms with Crippen molar-refractivity contribution in [3.8, 4) is 0 Å². The molecule has 0 amide bonds. The lowest BCUT2D eigenvalue weighted by molar-refractivity contribution is 0.0876. The minimum absolute atomic E-state index is 0.737. The Morgan fingerprint density at radius 2 is 1.75 bits per heavy atom. The summed E-state index contributed by atoms with van der Waals surface area (Å²) < 4.78 is 0. The maximum Gasteiger partial charge on any atom is 0.0224 e. The second-order valence-corrected chi connectivity index (χ2v) is 5.66. The molecule has 16 heavy (non-hydrogen) atoms. The van der Waals surface area contributed by atoms with Crippen molar-refractivity contribution in [1.82, 2.24) is 10.2 Å². The summed E-state index contributed by atoms with van der Waals surface area (Å²) in [6, 6.07) is 2.43. The summed E-state index contributed by atoms with van der Waals surface area (Å²) in [5, 5.41) is 3.64. The van der Waals surface area contributed by atoms with E-state index in [1.807, 2.05) is 0 Å². The van der Waals surface area contributed by atoms with Gasteiger partial charge in [-0.15, -0.1) is 0 Å². The van der Waals surface area contributed by atoms with E-state index < -0.39 is 0 Å². The average molecular weight is 224 g/mol. The van der Waals surface area contributed by atoms with E-state index in [2.05, 4.69) is 24.1 Å². The molecule has 0 spiro atoms. The van der Waals surface area contributed by atoms with Gasteiger partial charge in [-0.2, -0.15) is 0 Å². The minimum Gasteiger partial charge on any atom is -0.313 e. The van der Waals surface area contributed by atoms with Crippen molar-refractivity contribution < 1.29 is 0 Å². The van der Waals surface area contributed by atoms with Gasteiger partial charge in [0.15, 0.2) is 0 Å². The number of nitrogens with zero attached hydrogens (tertiary/aromatic N) is 1. The van der Waals surface area contributed by atoms with Crippen LogP contribution >= 0.6 is 0 Å². The van der Waals surface area contributed by atoms with Gasteiger partial charge in [-0.3, -0.25) is 4.90 Å². The Labute approximate surface area is 101 Å². The normalized spacial score (nSPS) is 33.2. The average Bonchev–Trinajstić information content (AvgIpc) is 2.34. The third-order valence-corrected chi connectivity index (χ3v) is 4.51. The van der Waals surface area contributed by atoms with E-state index in [4.69, 9.17) is 0 Å². The zero-order chi connectivity index (χ0) is 11.4. The highest BCUT2D eigenvalue weighted by molar-refractivity contribution is 4.86. The Balaban J connectivity index is 1.88. The van der Waals surface area contributed by atoms with Crippen LogP contribution in [0.15, 0.2) is 0 Å². The molecule has 0 aromatic rings. The third kappa shape index (κ3) is 2.98. The molecular weight excluding hydrogens is 196 g/mol. The van der Waals surface area contributed by atoms with Crippen LogP contribution in [0.3, 0.4) is 0 Å². The SMILES string of the molecule is CCN(C1CCCCC1)C1CCC(C)NC1. The second-order valence-electron chi connectivity index (χ2n) is 5.66. The van der Waals surface area contributed by atoms with Gasteiger partial charge in [0, 0.05) is 24.7 Å². The molecule has 2 rings (SSSR count). The highest BCUT2D eigenvalue weighted by Crippen LogP contribution is 2.26. The Bertz CT molecular complexity index is 191. The number of hydrogen-bond donors (Lipinski definition) is 1. The second kappa shape index (κ2) is 6.02. The molecule has 1 saturated heterocycles. The summed E-state index contributed by atoms with van der Waals surface area (Å²) in [4.78, 5) is 2.79. The summed E-state index contributed by atoms with van der Waals surface area (Å²) in [7, 11) is 0. The number of piperidine rings is 1. The Morgan fingerprint density at radius 3 is 2.31 bits per heavy atom. The molecule has 1 aliphatic heterocycles. The van der Waals surface area contributed by atoms with E-state index in [-0.39, 0.29) is 0 Å². The van der Waals surface area contributed by atoms with Crippen molar-refractivity contribution in [2.75, 3.05) is 13.1 Å². The Morgan fingerprint density at radius 1 is 1.00 bits per heavy atom. The molecule has 2 aliphatic rings. The standard InChI is InChI=1S/C14H28N2/c1-3-16(13-7-5-4-6-8-13)14-10-9-12(2)15-11-14/h12-15H,3-11H2,1-2H3. The summed E-state index contributed by atoms with van der Waals surface area (Å²) >= 11 is 0. The lowest BCUT2D eigenvalue weighted by Gasteiger charge is -2.42. The molecule has 2 unspecified atom stereocenters. The fourth-order valence-electron chi connectivity index (χ4n) is 3.49. The van der Waals surface area contributed by atoms with Crippen LogP contribution in [0.2, 0.25) is 0 Å². The molecule has 0 aromatic heterocycles. The first-order chi connectivity index (χ1) is 7.81. The van der Waals surface area contributed by atoms with Crippen LogP contribution in [0.5, 0.6) is 0 Å². The molecule has 94 valence electrons. The molecule has 2 atom stereocenters. The first-order valence-electron chi connectivity index (χ1n) is 7.30. The van der Waals surface area contributed by atoms with Crippen LogP contribution in [-0.4, -0.2) is 36.1 Å². The molecule has 0 aromatic carbocycles. The molecule has 1 N–H and O–H groups in total. The number of rotatable bonds is 3. The van der Waals surface area contributed by atoms with Gasteiger partial charge >= 0.3 is 0 Å². The van der Waals surface area contributed by atoms with Gasteiger partial charge in [-0.05, 0) is 39.2 Å². The maximum atomic E-state index is 3.64. The topological polar surface area (TPSA) is 15.3 Å². The summed E-state index contributed by atoms with van der Waals surface area (Å²) in [5.41, 5.74) is 0. The molecule has 1 heterocycles. The zero-order valence-corrected chi connectivity index (χ0v) is 11.0. The molecule has 2 nitrogen and oxygen atoms in total. The molecular formula is C14H28N2. The monoisotopic (exact) mass is 224 g/mol. The van der Waals surface area contributed by atoms with E-state index in [9.17, 15) is 0 Å². The lowest BCUT2D eigenvalue weighted by Crippen LogP contribution is -2.52. The number of hydrogen-bond acceptors (Lipinski definition) is 2. The third-order valence-electron chi connectivity index (χ3n) is 4.51. The van der Waals surface area contributed by atoms with Crippen molar-refractivity contribution >= 4 is 0 Å². The van der Waals surface area contributed by atoms with Gasteiger partial charge < -0.3 is 5.32 Å². The molecule has 1 aliphatic carbocycles. The van der Waals surface area contributed by atoms with Gasteiger partial charge in [-0.25, -0.2) is 0 Å². The van der Waals surface area contributed by atoms with Gasteiger partial charge in [0.2, 0.25) is 0 Å². The number of nitrogens with one attached hydrogen (secondary N) is 1. The van der Waals surface area contributed by atoms with E-state index in [0.717, 1.165) is 18.1 Å². The van der Waals surface area contributed by atoms with E-state index >= 15 is 0 Å². The summed E-state index contributed by atoms with van der Waals surface area (Å²) in [6.07, 6.45) is 10.0. The fourth-order valence-corrected chi connectivity index (χ4v) is 3.49. The van der Waals surface area contributed by atoms with Crippen LogP contribution in [0.4, 0.5) is 0 Å². The Kier molecular flexibility index (Phi) is 4.66. The van der Waals surface area contributed by atoms with Gasteiger partial charge in [0.1, 0.15) is 0 Å². The quantitative estimate of drug-likeness (QED) is 0.793. The van der Waals surface area contributed by atoms with Crippen LogP contribution in [0.1, 0.15) is 58.8 Å². The predicted octanol–water partition coefficient (Wildman–Crippen LogP) is 2.78. The smallest absolute Gasteiger partial charge is 0.0224 e. The minimum atomic E-state index is 0.737. The predicted molar refractivity (Wildman–Crippen MR) is 69.7 cm³/mol. The van der Waals surface area contributed by atoms with Crippen LogP contribution < -0.4 is 5.32 Å². The van der Waals surface area contributed by atoms with E-state index in [1.54, 1.807) is 0 Å². The van der Waals surface area contributed by atoms with E-state index in [1.165, 1.54) is 58.0 Å². The molecule has 0 bridgehead atoms. The molecule has 0 radical (unpaired) electrons. The largest absolute Gasteiger partial charge is 0.313 e. The fraction of sp³-hybridized carbons (Fsp3) is 1.00. The van der Waals surface area contributed by atoms with Crippen molar-refractivity contribution in [2.24, 2.45) is 0 Å². The first-order valence-corrected chi connectivity index (χ1v) is 7.30. The van der Waals surface area contributed by atoms with Crippen LogP contribution in [0.25, 0.3) is 0 Å². The number of likely N-dealkylation sites (N-methyl/N-ethyl adjacent to an activating group) is 1. The van der Waals surface area contributed by atoms with Crippen molar-refractivity contribution in [1.29, 1.82) is 0 Å². The maximum absolute atomic E-state index is 3.64. The lowest BCUT2D eigenvalue weighted by atomic mass is 9.91. The molecule has 1 saturated carbocycles. The van der Waals surface area contributed by atoms with Crippen LogP contribution in [0, 0.1) is 0 Å². The van der Waals surface area contributed by atoms with Gasteiger partial charge in [0.25, 0.3) is 0 Å². The zero-order valence-electron chi connectivity index (χ0n) is 11.0. The van der Waals surface area contributed by atoms with Gasteiger partial charge in [-0.1, -0.05) is 26.2 Å². The van der Waals surface area contributed by atoms with Crippen LogP contribution in [-0.2, 0) is 0 Å². The van der Waals surface area contributed by atoms with Gasteiger partial charge in [0.05, 0.1) is 0 Å². The van der Waals surface area contributed by atoms with Crippen molar-refractivity contribution in [3.63, 3.8) is 0 Å². The molecule has 2 fully saturated rings. The van der Waals surface area contributed by atoms with Crippen molar-refractivity contribution in [3.05, 3.63) is 0 Å². The summed E-state index contributed by atoms with van der Waals surface area (Å²) in [6.45, 7) is 7.11. The van der Waals surface area contributed by atoms with E-state index in [0.29, 0.717) is 0 Å². The first kappa shape index (κ1) is 12.4. The highest BCUT2D eigenvalue weighted by atomic mass is 15.2. The Hall–Kier alpha value is -0.0800. The van der Waals surface area contributed by atoms with Crippen molar-refractivity contribution in [2.45, 2.75) is 76.9 Å². The highest BCUT2D eigenvalue weighted by Gasteiger charge is 2.28. The summed E-state index contributed by atoms with van der Waals surface area (Å²) in [5.74, 6) is 0.